The minimum Gasteiger partial charge on any atom is -0.324 e. The van der Waals surface area contributed by atoms with E-state index in [0.29, 0.717) is 34.4 Å². The summed E-state index contributed by atoms with van der Waals surface area (Å²) in [6, 6.07) is 7.42. The van der Waals surface area contributed by atoms with Gasteiger partial charge >= 0.3 is 0 Å². The molecule has 1 aromatic carbocycles. The van der Waals surface area contributed by atoms with Crippen LogP contribution in [0.2, 0.25) is 9.36 Å². The summed E-state index contributed by atoms with van der Waals surface area (Å²) < 4.78 is 27.4. The van der Waals surface area contributed by atoms with E-state index in [2.05, 4.69) is 5.32 Å². The van der Waals surface area contributed by atoms with Crippen LogP contribution in [0.25, 0.3) is 0 Å². The van der Waals surface area contributed by atoms with Gasteiger partial charge in [-0.25, -0.2) is 8.42 Å². The highest BCUT2D eigenvalue weighted by atomic mass is 35.5. The van der Waals surface area contributed by atoms with E-state index in [9.17, 15) is 13.2 Å². The van der Waals surface area contributed by atoms with E-state index in [1.165, 1.54) is 10.4 Å². The molecule has 1 fully saturated rings. The smallest absolute Gasteiger partial charge is 0.253 e. The largest absolute Gasteiger partial charge is 0.324 e. The molecule has 0 bridgehead atoms. The molecule has 1 atom stereocenters. The van der Waals surface area contributed by atoms with Crippen LogP contribution in [-0.2, 0) is 14.8 Å². The molecule has 1 saturated heterocycles. The summed E-state index contributed by atoms with van der Waals surface area (Å²) >= 11 is 12.8. The fourth-order valence-corrected chi connectivity index (χ4v) is 6.32. The SMILES string of the molecule is Cc1cc(Cl)ccc1NC(=O)C1CCCN1S(=O)(=O)c1ccc(Cl)s1. The highest BCUT2D eigenvalue weighted by Crippen LogP contribution is 2.32. The van der Waals surface area contributed by atoms with Crippen LogP contribution in [0.15, 0.2) is 34.5 Å². The van der Waals surface area contributed by atoms with Gasteiger partial charge in [-0.3, -0.25) is 4.79 Å². The van der Waals surface area contributed by atoms with Crippen molar-refractivity contribution in [3.05, 3.63) is 45.3 Å². The summed E-state index contributed by atoms with van der Waals surface area (Å²) in [6.45, 7) is 2.15. The summed E-state index contributed by atoms with van der Waals surface area (Å²) in [5.74, 6) is -0.339. The van der Waals surface area contributed by atoms with Gasteiger partial charge in [0.25, 0.3) is 10.0 Å². The Balaban J connectivity index is 1.82. The average molecular weight is 419 g/mol. The van der Waals surface area contributed by atoms with Gasteiger partial charge in [-0.15, -0.1) is 11.3 Å². The lowest BCUT2D eigenvalue weighted by Crippen LogP contribution is -2.42. The lowest BCUT2D eigenvalue weighted by molar-refractivity contribution is -0.119. The summed E-state index contributed by atoms with van der Waals surface area (Å²) in [7, 11) is -3.74. The Morgan fingerprint density at radius 2 is 2.04 bits per heavy atom. The number of carbonyl (C=O) groups excluding carboxylic acids is 1. The van der Waals surface area contributed by atoms with E-state index in [4.69, 9.17) is 23.2 Å². The number of amides is 1. The molecule has 0 saturated carbocycles. The molecule has 9 heteroatoms. The number of rotatable bonds is 4. The number of carbonyl (C=O) groups is 1. The molecule has 2 heterocycles. The highest BCUT2D eigenvalue weighted by Gasteiger charge is 2.40. The Bertz CT molecular complexity index is 912. The molecule has 134 valence electrons. The number of nitrogens with zero attached hydrogens (tertiary/aromatic N) is 1. The second kappa shape index (κ2) is 7.25. The van der Waals surface area contributed by atoms with Crippen LogP contribution in [-0.4, -0.2) is 31.2 Å². The van der Waals surface area contributed by atoms with E-state index >= 15 is 0 Å². The van der Waals surface area contributed by atoms with Crippen LogP contribution >= 0.6 is 34.5 Å². The van der Waals surface area contributed by atoms with Crippen molar-refractivity contribution in [1.82, 2.24) is 4.31 Å². The molecule has 1 aliphatic heterocycles. The van der Waals surface area contributed by atoms with E-state index in [1.54, 1.807) is 24.3 Å². The monoisotopic (exact) mass is 418 g/mol. The molecule has 1 unspecified atom stereocenters. The van der Waals surface area contributed by atoms with Gasteiger partial charge in [0.2, 0.25) is 5.91 Å². The van der Waals surface area contributed by atoms with Crippen molar-refractivity contribution < 1.29 is 13.2 Å². The zero-order valence-electron chi connectivity index (χ0n) is 13.3. The number of aryl methyl sites for hydroxylation is 1. The van der Waals surface area contributed by atoms with Crippen molar-refractivity contribution in [2.45, 2.75) is 30.0 Å². The number of thiophene rings is 1. The van der Waals surface area contributed by atoms with E-state index in [1.807, 2.05) is 6.92 Å². The summed E-state index contributed by atoms with van der Waals surface area (Å²) in [5, 5.41) is 3.39. The maximum Gasteiger partial charge on any atom is 0.253 e. The van der Waals surface area contributed by atoms with Crippen LogP contribution in [0.4, 0.5) is 5.69 Å². The lowest BCUT2D eigenvalue weighted by atomic mass is 10.1. The number of nitrogens with one attached hydrogen (secondary N) is 1. The van der Waals surface area contributed by atoms with E-state index < -0.39 is 16.1 Å². The lowest BCUT2D eigenvalue weighted by Gasteiger charge is -2.23. The predicted molar refractivity (Wildman–Crippen MR) is 101 cm³/mol. The van der Waals surface area contributed by atoms with E-state index in [-0.39, 0.29) is 10.1 Å². The van der Waals surface area contributed by atoms with Crippen molar-refractivity contribution in [3.63, 3.8) is 0 Å². The highest BCUT2D eigenvalue weighted by molar-refractivity contribution is 7.91. The Labute approximate surface area is 160 Å². The van der Waals surface area contributed by atoms with Gasteiger partial charge < -0.3 is 5.32 Å². The molecule has 0 aliphatic carbocycles. The fraction of sp³-hybridized carbons (Fsp3) is 0.312. The van der Waals surface area contributed by atoms with Gasteiger partial charge in [0.15, 0.2) is 0 Å². The molecule has 3 rings (SSSR count). The standard InChI is InChI=1S/C16H16Cl2N2O3S2/c1-10-9-11(17)4-5-12(10)19-16(21)13-3-2-8-20(13)25(22,23)15-7-6-14(18)24-15/h4-7,9,13H,2-3,8H2,1H3,(H,19,21). The van der Waals surface area contributed by atoms with Crippen molar-refractivity contribution in [3.8, 4) is 0 Å². The van der Waals surface area contributed by atoms with Gasteiger partial charge in [0.1, 0.15) is 10.3 Å². The third kappa shape index (κ3) is 3.85. The summed E-state index contributed by atoms with van der Waals surface area (Å²) in [6.07, 6.45) is 1.12. The van der Waals surface area contributed by atoms with Crippen molar-refractivity contribution in [2.24, 2.45) is 0 Å². The van der Waals surface area contributed by atoms with Crippen molar-refractivity contribution in [2.75, 3.05) is 11.9 Å². The number of anilines is 1. The number of benzene rings is 1. The maximum atomic E-state index is 12.8. The van der Waals surface area contributed by atoms with Crippen molar-refractivity contribution >= 4 is 56.2 Å². The Kier molecular flexibility index (Phi) is 5.41. The van der Waals surface area contributed by atoms with Gasteiger partial charge in [0.05, 0.1) is 4.34 Å². The van der Waals surface area contributed by atoms with Crippen LogP contribution in [0, 0.1) is 6.92 Å². The summed E-state index contributed by atoms with van der Waals surface area (Å²) in [4.78, 5) is 12.7. The first-order valence-corrected chi connectivity index (χ1v) is 10.6. The minimum atomic E-state index is -3.74. The zero-order valence-corrected chi connectivity index (χ0v) is 16.5. The molecule has 1 aromatic heterocycles. The second-order valence-electron chi connectivity index (χ2n) is 5.78. The predicted octanol–water partition coefficient (Wildman–Crippen LogP) is 4.16. The zero-order chi connectivity index (χ0) is 18.2. The third-order valence-electron chi connectivity index (χ3n) is 4.06. The normalized spacial score (nSPS) is 18.4. The van der Waals surface area contributed by atoms with Crippen LogP contribution in [0.1, 0.15) is 18.4 Å². The molecule has 0 radical (unpaired) electrons. The van der Waals surface area contributed by atoms with Crippen molar-refractivity contribution in [1.29, 1.82) is 0 Å². The van der Waals surface area contributed by atoms with Gasteiger partial charge in [0, 0.05) is 17.3 Å². The first-order chi connectivity index (χ1) is 11.8. The number of hydrogen-bond acceptors (Lipinski definition) is 4. The van der Waals surface area contributed by atoms with Crippen LogP contribution in [0.5, 0.6) is 0 Å². The Morgan fingerprint density at radius 3 is 2.68 bits per heavy atom. The third-order valence-corrected chi connectivity index (χ3v) is 7.91. The molecular weight excluding hydrogens is 403 g/mol. The van der Waals surface area contributed by atoms with Gasteiger partial charge in [-0.1, -0.05) is 23.2 Å². The Hall–Kier alpha value is -1.12. The maximum absolute atomic E-state index is 12.8. The average Bonchev–Trinajstić information content (AvgIpc) is 3.19. The molecular formula is C16H16Cl2N2O3S2. The molecule has 1 aliphatic rings. The minimum absolute atomic E-state index is 0.153. The molecule has 1 amide bonds. The summed E-state index contributed by atoms with van der Waals surface area (Å²) in [5.41, 5.74) is 1.44. The molecule has 2 aromatic rings. The van der Waals surface area contributed by atoms with Gasteiger partial charge in [-0.05, 0) is 55.7 Å². The fourth-order valence-electron chi connectivity index (χ4n) is 2.83. The first-order valence-electron chi connectivity index (χ1n) is 7.63. The Morgan fingerprint density at radius 1 is 1.28 bits per heavy atom. The number of halogens is 2. The molecule has 25 heavy (non-hydrogen) atoms. The first kappa shape index (κ1) is 18.7. The van der Waals surface area contributed by atoms with Gasteiger partial charge in [-0.2, -0.15) is 4.31 Å². The quantitative estimate of drug-likeness (QED) is 0.810. The topological polar surface area (TPSA) is 66.5 Å². The number of hydrogen-bond donors (Lipinski definition) is 1. The van der Waals surface area contributed by atoms with E-state index in [0.717, 1.165) is 16.9 Å². The van der Waals surface area contributed by atoms with Crippen LogP contribution < -0.4 is 5.32 Å². The molecule has 0 spiro atoms. The van der Waals surface area contributed by atoms with Crippen LogP contribution in [0.3, 0.4) is 0 Å². The molecule has 1 N–H and O–H groups in total. The second-order valence-corrected chi connectivity index (χ2v) is 10.0. The molecule has 5 nitrogen and oxygen atoms in total. The number of sulfonamides is 1.